The van der Waals surface area contributed by atoms with Crippen LogP contribution in [-0.2, 0) is 0 Å². The average Bonchev–Trinajstić information content (AvgIpc) is 2.54. The summed E-state index contributed by atoms with van der Waals surface area (Å²) in [6.07, 6.45) is 6.91. The third-order valence-corrected chi connectivity index (χ3v) is 4.44. The zero-order valence-electron chi connectivity index (χ0n) is 8.34. The molecule has 0 aromatic carbocycles. The van der Waals surface area contributed by atoms with Gasteiger partial charge in [0.1, 0.15) is 0 Å². The van der Waals surface area contributed by atoms with Crippen LogP contribution in [0.15, 0.2) is 0 Å². The minimum atomic E-state index is -0.0589. The lowest BCUT2D eigenvalue weighted by Gasteiger charge is -2.23. The first-order valence-corrected chi connectivity index (χ1v) is 5.16. The van der Waals surface area contributed by atoms with Crippen LogP contribution < -0.4 is 0 Å². The number of fused-ring (bicyclic) bond motifs is 5. The molecule has 0 aliphatic heterocycles. The number of hydrogen-bond donors (Lipinski definition) is 0. The van der Waals surface area contributed by atoms with Crippen molar-refractivity contribution in [1.29, 1.82) is 0 Å². The number of rotatable bonds is 0. The van der Waals surface area contributed by atoms with Crippen molar-refractivity contribution in [2.75, 3.05) is 0 Å². The molecule has 0 nitrogen and oxygen atoms in total. The molecule has 0 amide bonds. The van der Waals surface area contributed by atoms with Gasteiger partial charge < -0.3 is 0 Å². The van der Waals surface area contributed by atoms with E-state index in [1.807, 2.05) is 0 Å². The molecule has 0 heteroatoms. The topological polar surface area (TPSA) is 0 Å². The lowest BCUT2D eigenvalue weighted by atomic mass is 9.82. The summed E-state index contributed by atoms with van der Waals surface area (Å²) in [5, 5.41) is 0. The second-order valence-corrected chi connectivity index (χ2v) is 5.03. The van der Waals surface area contributed by atoms with Gasteiger partial charge in [0.15, 0.2) is 0 Å². The minimum Gasteiger partial charge on any atom is -0.0625 e. The molecule has 0 saturated heterocycles. The highest BCUT2D eigenvalue weighted by Crippen LogP contribution is 2.59. The van der Waals surface area contributed by atoms with Crippen molar-refractivity contribution in [2.45, 2.75) is 39.0 Å². The van der Waals surface area contributed by atoms with Gasteiger partial charge in [-0.25, -0.2) is 0 Å². The van der Waals surface area contributed by atoms with Gasteiger partial charge in [-0.2, -0.15) is 0 Å². The molecule has 0 spiro atoms. The van der Waals surface area contributed by atoms with Gasteiger partial charge in [-0.05, 0) is 61.7 Å². The predicted octanol–water partition coefficient (Wildman–Crippen LogP) is 3.08. The Balaban J connectivity index is 1.87. The van der Waals surface area contributed by atoms with Crippen molar-refractivity contribution in [3.63, 3.8) is 0 Å². The summed E-state index contributed by atoms with van der Waals surface area (Å²) in [5.41, 5.74) is 0. The Labute approximate surface area is 70.8 Å². The van der Waals surface area contributed by atoms with Gasteiger partial charge in [-0.1, -0.05) is 6.92 Å². The van der Waals surface area contributed by atoms with E-state index in [9.17, 15) is 0 Å². The molecule has 0 radical (unpaired) electrons. The first-order chi connectivity index (χ1) is 5.66. The zero-order valence-corrected chi connectivity index (χ0v) is 7.34. The Morgan fingerprint density at radius 2 is 1.55 bits per heavy atom. The summed E-state index contributed by atoms with van der Waals surface area (Å²) in [6, 6.07) is 0. The van der Waals surface area contributed by atoms with Gasteiger partial charge in [0.2, 0.25) is 0 Å². The smallest absolute Gasteiger partial charge is 0.0300 e. The summed E-state index contributed by atoms with van der Waals surface area (Å²) in [4.78, 5) is 0. The Hall–Kier alpha value is 0. The minimum absolute atomic E-state index is 0.0589. The van der Waals surface area contributed by atoms with Crippen molar-refractivity contribution < 1.29 is 1.37 Å². The molecule has 4 atom stereocenters. The molecule has 0 N–H and O–H groups in total. The fourth-order valence-electron chi connectivity index (χ4n) is 4.05. The highest BCUT2D eigenvalue weighted by molar-refractivity contribution is 5.00. The molecule has 3 rings (SSSR count). The predicted molar refractivity (Wildman–Crippen MR) is 46.2 cm³/mol. The molecule has 3 aliphatic rings. The second kappa shape index (κ2) is 2.02. The molecule has 0 aromatic rings. The van der Waals surface area contributed by atoms with Crippen molar-refractivity contribution in [2.24, 2.45) is 29.6 Å². The van der Waals surface area contributed by atoms with Crippen LogP contribution in [-0.4, -0.2) is 0 Å². The molecule has 62 valence electrons. The third-order valence-electron chi connectivity index (χ3n) is 4.44. The Kier molecular flexibility index (Phi) is 1.03. The molecule has 4 unspecified atom stereocenters. The third kappa shape index (κ3) is 0.761. The van der Waals surface area contributed by atoms with Crippen molar-refractivity contribution >= 4 is 0 Å². The molecule has 0 aromatic heterocycles. The van der Waals surface area contributed by atoms with E-state index in [0.29, 0.717) is 0 Å². The summed E-state index contributed by atoms with van der Waals surface area (Å²) in [5.74, 6) is 3.94. The zero-order chi connectivity index (χ0) is 8.34. The van der Waals surface area contributed by atoms with E-state index in [2.05, 4.69) is 6.92 Å². The summed E-state index contributed by atoms with van der Waals surface area (Å²) < 4.78 is 8.09. The standard InChI is InChI=1S/C11H18/c1-7-4-10-8-2-3-9(6-8)11(10)5-7/h7-11H,2-6H2,1H3/i7D. The van der Waals surface area contributed by atoms with E-state index in [1.165, 1.54) is 32.1 Å². The first-order valence-electron chi connectivity index (χ1n) is 5.66. The van der Waals surface area contributed by atoms with Gasteiger partial charge >= 0.3 is 0 Å². The number of hydrogen-bond acceptors (Lipinski definition) is 0. The molecule has 3 saturated carbocycles. The van der Waals surface area contributed by atoms with Crippen LogP contribution in [0.25, 0.3) is 0 Å². The fourth-order valence-corrected chi connectivity index (χ4v) is 4.05. The van der Waals surface area contributed by atoms with Gasteiger partial charge in [0.25, 0.3) is 0 Å². The van der Waals surface area contributed by atoms with E-state index >= 15 is 0 Å². The average molecular weight is 151 g/mol. The van der Waals surface area contributed by atoms with Crippen LogP contribution in [0.3, 0.4) is 0 Å². The largest absolute Gasteiger partial charge is 0.0625 e. The fraction of sp³-hybridized carbons (Fsp3) is 1.00. The second-order valence-electron chi connectivity index (χ2n) is 5.03. The molecule has 11 heavy (non-hydrogen) atoms. The van der Waals surface area contributed by atoms with Crippen LogP contribution >= 0.6 is 0 Å². The summed E-state index contributed by atoms with van der Waals surface area (Å²) >= 11 is 0. The van der Waals surface area contributed by atoms with Crippen molar-refractivity contribution in [3.8, 4) is 0 Å². The normalized spacial score (nSPS) is 68.3. The Bertz CT molecular complexity index is 189. The Morgan fingerprint density at radius 1 is 1.00 bits per heavy atom. The maximum Gasteiger partial charge on any atom is 0.0300 e. The van der Waals surface area contributed by atoms with Crippen LogP contribution in [0.1, 0.15) is 40.4 Å². The lowest BCUT2D eigenvalue weighted by molar-refractivity contribution is 0.259. The quantitative estimate of drug-likeness (QED) is 0.499. The maximum atomic E-state index is 8.09. The van der Waals surface area contributed by atoms with Crippen LogP contribution in [0.2, 0.25) is 0 Å². The SMILES string of the molecule is [2H]C1(C)CC2C3CCC(C3)C2C1. The maximum absolute atomic E-state index is 8.09. The monoisotopic (exact) mass is 151 g/mol. The van der Waals surface area contributed by atoms with E-state index < -0.39 is 0 Å². The molecule has 0 heterocycles. The molecule has 3 aliphatic carbocycles. The van der Waals surface area contributed by atoms with Gasteiger partial charge in [0, 0.05) is 1.37 Å². The van der Waals surface area contributed by atoms with Crippen molar-refractivity contribution in [3.05, 3.63) is 0 Å². The van der Waals surface area contributed by atoms with Gasteiger partial charge in [-0.3, -0.25) is 0 Å². The van der Waals surface area contributed by atoms with Crippen LogP contribution in [0, 0.1) is 29.6 Å². The van der Waals surface area contributed by atoms with Crippen molar-refractivity contribution in [1.82, 2.24) is 0 Å². The highest BCUT2D eigenvalue weighted by Gasteiger charge is 2.50. The lowest BCUT2D eigenvalue weighted by Crippen LogP contribution is -2.15. The Morgan fingerprint density at radius 3 is 2.09 bits per heavy atom. The molecular formula is C11H18. The molecule has 3 fully saturated rings. The first kappa shape index (κ1) is 5.61. The van der Waals surface area contributed by atoms with E-state index in [4.69, 9.17) is 1.37 Å². The van der Waals surface area contributed by atoms with Crippen LogP contribution in [0.4, 0.5) is 0 Å². The molecule has 2 bridgehead atoms. The van der Waals surface area contributed by atoms with Crippen LogP contribution in [0.5, 0.6) is 0 Å². The summed E-state index contributed by atoms with van der Waals surface area (Å²) in [7, 11) is 0. The van der Waals surface area contributed by atoms with Gasteiger partial charge in [0.05, 0.1) is 0 Å². The molecular weight excluding hydrogens is 132 g/mol. The van der Waals surface area contributed by atoms with Gasteiger partial charge in [-0.15, -0.1) is 0 Å². The summed E-state index contributed by atoms with van der Waals surface area (Å²) in [6.45, 7) is 2.14. The van der Waals surface area contributed by atoms with E-state index in [1.54, 1.807) is 0 Å². The van der Waals surface area contributed by atoms with E-state index in [-0.39, 0.29) is 5.89 Å². The van der Waals surface area contributed by atoms with E-state index in [0.717, 1.165) is 23.7 Å². The highest BCUT2D eigenvalue weighted by atomic mass is 14.6.